The summed E-state index contributed by atoms with van der Waals surface area (Å²) in [4.78, 5) is 7.96. The predicted molar refractivity (Wildman–Crippen MR) is 133 cm³/mol. The van der Waals surface area contributed by atoms with Gasteiger partial charge in [0.1, 0.15) is 30.3 Å². The van der Waals surface area contributed by atoms with Crippen molar-refractivity contribution in [2.45, 2.75) is 32.1 Å². The summed E-state index contributed by atoms with van der Waals surface area (Å²) >= 11 is 0. The van der Waals surface area contributed by atoms with Crippen LogP contribution in [0.2, 0.25) is 0 Å². The second-order valence-corrected chi connectivity index (χ2v) is 8.61. The molecule has 1 heterocycles. The van der Waals surface area contributed by atoms with E-state index in [1.165, 1.54) is 0 Å². The fourth-order valence-electron chi connectivity index (χ4n) is 4.10. The predicted octanol–water partition coefficient (Wildman–Crippen LogP) is 4.44. The number of hydrogen-bond acceptors (Lipinski definition) is 6. The van der Waals surface area contributed by atoms with E-state index in [4.69, 9.17) is 14.3 Å². The zero-order chi connectivity index (χ0) is 23.8. The average Bonchev–Trinajstić information content (AvgIpc) is 3.32. The number of ether oxygens (including phenoxy) is 2. The first-order valence-corrected chi connectivity index (χ1v) is 11.6. The summed E-state index contributed by atoms with van der Waals surface area (Å²) in [6.07, 6.45) is 0.000427. The summed E-state index contributed by atoms with van der Waals surface area (Å²) in [6.45, 7) is 3.95. The van der Waals surface area contributed by atoms with Gasteiger partial charge in [-0.05, 0) is 41.8 Å². The third kappa shape index (κ3) is 6.59. The first-order valence-electron chi connectivity index (χ1n) is 11.6. The van der Waals surface area contributed by atoms with E-state index in [9.17, 15) is 5.11 Å². The van der Waals surface area contributed by atoms with E-state index in [0.717, 1.165) is 40.3 Å². The molecule has 34 heavy (non-hydrogen) atoms. The minimum atomic E-state index is -0.652. The van der Waals surface area contributed by atoms with Gasteiger partial charge in [0.2, 0.25) is 0 Å². The van der Waals surface area contributed by atoms with Gasteiger partial charge in [0.15, 0.2) is 0 Å². The molecule has 0 spiro atoms. The summed E-state index contributed by atoms with van der Waals surface area (Å²) in [7, 11) is 1.67. The van der Waals surface area contributed by atoms with Crippen LogP contribution in [0.5, 0.6) is 11.5 Å². The zero-order valence-electron chi connectivity index (χ0n) is 19.8. The largest absolute Gasteiger partial charge is 0.497 e. The normalized spacial score (nSPS) is 16.1. The summed E-state index contributed by atoms with van der Waals surface area (Å²) in [5, 5.41) is 15.1. The van der Waals surface area contributed by atoms with Gasteiger partial charge >= 0.3 is 0 Å². The Labute approximate surface area is 201 Å². The van der Waals surface area contributed by atoms with Crippen LogP contribution in [0.3, 0.4) is 0 Å². The molecule has 0 unspecified atom stereocenters. The molecule has 6 heteroatoms. The Morgan fingerprint density at radius 1 is 1.06 bits per heavy atom. The van der Waals surface area contributed by atoms with Crippen molar-refractivity contribution in [3.63, 3.8) is 0 Å². The maximum Gasteiger partial charge on any atom is 0.145 e. The quantitative estimate of drug-likeness (QED) is 0.458. The standard InChI is InChI=1S/C28H32N2O4/c1-21-9-6-7-14-28(21)33-20-24(31)18-30(17-22-10-8-13-25(15-22)32-2)19-26-16-27(29-34-26)23-11-4-3-5-12-23/h3-15,24,26,31H,16-20H2,1-2H3/t24-,26+/m0/s1. The van der Waals surface area contributed by atoms with Crippen molar-refractivity contribution in [2.75, 3.05) is 26.8 Å². The second-order valence-electron chi connectivity index (χ2n) is 8.61. The summed E-state index contributed by atoms with van der Waals surface area (Å²) in [6, 6.07) is 25.9. The van der Waals surface area contributed by atoms with Gasteiger partial charge in [0.25, 0.3) is 0 Å². The minimum absolute atomic E-state index is 0.0784. The lowest BCUT2D eigenvalue weighted by Crippen LogP contribution is -2.39. The molecule has 0 aromatic heterocycles. The number of methoxy groups -OCH3 is 1. The molecule has 0 amide bonds. The highest BCUT2D eigenvalue weighted by Crippen LogP contribution is 2.21. The Bertz CT molecular complexity index is 1090. The number of aryl methyl sites for hydroxylation is 1. The molecule has 4 rings (SSSR count). The smallest absolute Gasteiger partial charge is 0.145 e. The summed E-state index contributed by atoms with van der Waals surface area (Å²) in [5.74, 6) is 1.61. The molecule has 0 saturated carbocycles. The number of rotatable bonds is 11. The highest BCUT2D eigenvalue weighted by Gasteiger charge is 2.26. The SMILES string of the molecule is COc1cccc(CN(C[C@H](O)COc2ccccc2C)C[C@H]2CC(c3ccccc3)=NO2)c1. The monoisotopic (exact) mass is 460 g/mol. The molecule has 6 nitrogen and oxygen atoms in total. The third-order valence-electron chi connectivity index (χ3n) is 5.84. The molecule has 0 fully saturated rings. The third-order valence-corrected chi connectivity index (χ3v) is 5.84. The molecule has 178 valence electrons. The number of oxime groups is 1. The van der Waals surface area contributed by atoms with Crippen LogP contribution in [0, 0.1) is 6.92 Å². The fourth-order valence-corrected chi connectivity index (χ4v) is 4.10. The van der Waals surface area contributed by atoms with E-state index in [0.29, 0.717) is 19.6 Å². The number of aliphatic hydroxyl groups is 1. The topological polar surface area (TPSA) is 63.5 Å². The van der Waals surface area contributed by atoms with E-state index >= 15 is 0 Å². The van der Waals surface area contributed by atoms with Crippen molar-refractivity contribution in [1.82, 2.24) is 4.90 Å². The molecule has 1 aliphatic rings. The lowest BCUT2D eigenvalue weighted by Gasteiger charge is -2.27. The Hall–Kier alpha value is -3.35. The van der Waals surface area contributed by atoms with Gasteiger partial charge in [-0.1, -0.05) is 65.8 Å². The summed E-state index contributed by atoms with van der Waals surface area (Å²) in [5.41, 5.74) is 4.19. The maximum absolute atomic E-state index is 10.8. The lowest BCUT2D eigenvalue weighted by molar-refractivity contribution is 0.0212. The summed E-state index contributed by atoms with van der Waals surface area (Å²) < 4.78 is 11.3. The molecule has 1 aliphatic heterocycles. The Kier molecular flexibility index (Phi) is 8.17. The molecule has 0 saturated heterocycles. The first-order chi connectivity index (χ1) is 16.6. The number of benzene rings is 3. The number of aliphatic hydroxyl groups excluding tert-OH is 1. The number of para-hydroxylation sites is 1. The molecule has 0 aliphatic carbocycles. The van der Waals surface area contributed by atoms with Crippen LogP contribution in [0.4, 0.5) is 0 Å². The van der Waals surface area contributed by atoms with Crippen LogP contribution >= 0.6 is 0 Å². The van der Waals surface area contributed by atoms with Crippen LogP contribution in [-0.2, 0) is 11.4 Å². The molecule has 0 radical (unpaired) electrons. The Morgan fingerprint density at radius 3 is 2.65 bits per heavy atom. The highest BCUT2D eigenvalue weighted by molar-refractivity contribution is 6.01. The van der Waals surface area contributed by atoms with Gasteiger partial charge in [-0.15, -0.1) is 0 Å². The van der Waals surface area contributed by atoms with Crippen molar-refractivity contribution in [3.05, 3.63) is 95.6 Å². The van der Waals surface area contributed by atoms with Crippen molar-refractivity contribution in [2.24, 2.45) is 5.16 Å². The van der Waals surface area contributed by atoms with Crippen LogP contribution < -0.4 is 9.47 Å². The maximum atomic E-state index is 10.8. The van der Waals surface area contributed by atoms with Gasteiger partial charge in [-0.2, -0.15) is 0 Å². The number of hydrogen-bond donors (Lipinski definition) is 1. The van der Waals surface area contributed by atoms with Crippen LogP contribution in [0.15, 0.2) is 84.0 Å². The molecule has 2 atom stereocenters. The average molecular weight is 461 g/mol. The Balaban J connectivity index is 1.39. The van der Waals surface area contributed by atoms with E-state index in [1.54, 1.807) is 7.11 Å². The molecule has 0 bridgehead atoms. The van der Waals surface area contributed by atoms with Crippen molar-refractivity contribution in [3.8, 4) is 11.5 Å². The van der Waals surface area contributed by atoms with Crippen LogP contribution in [0.25, 0.3) is 0 Å². The van der Waals surface area contributed by atoms with Gasteiger partial charge in [0.05, 0.1) is 12.8 Å². The minimum Gasteiger partial charge on any atom is -0.497 e. The van der Waals surface area contributed by atoms with Crippen LogP contribution in [-0.4, -0.2) is 54.7 Å². The van der Waals surface area contributed by atoms with Gasteiger partial charge in [-0.3, -0.25) is 4.90 Å². The molecule has 3 aromatic carbocycles. The zero-order valence-corrected chi connectivity index (χ0v) is 19.8. The molecular formula is C28H32N2O4. The highest BCUT2D eigenvalue weighted by atomic mass is 16.6. The molecular weight excluding hydrogens is 428 g/mol. The van der Waals surface area contributed by atoms with Gasteiger partial charge in [0, 0.05) is 26.1 Å². The van der Waals surface area contributed by atoms with Gasteiger partial charge in [-0.25, -0.2) is 0 Å². The lowest BCUT2D eigenvalue weighted by atomic mass is 10.0. The molecule has 1 N–H and O–H groups in total. The van der Waals surface area contributed by atoms with Crippen LogP contribution in [0.1, 0.15) is 23.1 Å². The Morgan fingerprint density at radius 2 is 1.85 bits per heavy atom. The van der Waals surface area contributed by atoms with E-state index in [1.807, 2.05) is 79.7 Å². The second kappa shape index (κ2) is 11.7. The van der Waals surface area contributed by atoms with E-state index in [-0.39, 0.29) is 12.7 Å². The number of nitrogens with zero attached hydrogens (tertiary/aromatic N) is 2. The van der Waals surface area contributed by atoms with E-state index in [2.05, 4.69) is 16.1 Å². The fraction of sp³-hybridized carbons (Fsp3) is 0.321. The first kappa shape index (κ1) is 23.8. The van der Waals surface area contributed by atoms with Crippen molar-refractivity contribution >= 4 is 5.71 Å². The van der Waals surface area contributed by atoms with Crippen molar-refractivity contribution in [1.29, 1.82) is 0 Å². The van der Waals surface area contributed by atoms with Gasteiger partial charge < -0.3 is 19.4 Å². The van der Waals surface area contributed by atoms with Crippen molar-refractivity contribution < 1.29 is 19.4 Å². The van der Waals surface area contributed by atoms with E-state index < -0.39 is 6.10 Å². The molecule has 3 aromatic rings.